The van der Waals surface area contributed by atoms with Gasteiger partial charge in [-0.05, 0) is 48.5 Å². The quantitative estimate of drug-likeness (QED) is 0.785. The Balaban J connectivity index is 1.80. The largest absolute Gasteiger partial charge is 0.452 e. The molecule has 0 radical (unpaired) electrons. The van der Waals surface area contributed by atoms with Gasteiger partial charge in [-0.1, -0.05) is 0 Å². The summed E-state index contributed by atoms with van der Waals surface area (Å²) < 4.78 is 17.5. The molecule has 2 amide bonds. The summed E-state index contributed by atoms with van der Waals surface area (Å²) in [6.45, 7) is 0. The van der Waals surface area contributed by atoms with Gasteiger partial charge in [0, 0.05) is 35.5 Å². The van der Waals surface area contributed by atoms with E-state index in [1.165, 1.54) is 35.9 Å². The molecule has 132 valence electrons. The van der Waals surface area contributed by atoms with Crippen LogP contribution in [0.5, 0.6) is 0 Å². The van der Waals surface area contributed by atoms with Gasteiger partial charge in [0.15, 0.2) is 0 Å². The van der Waals surface area contributed by atoms with E-state index >= 15 is 0 Å². The minimum Gasteiger partial charge on any atom is -0.452 e. The number of hydrogen-bond acceptors (Lipinski definition) is 4. The molecule has 1 N–H and O–H groups in total. The second kappa shape index (κ2) is 9.08. The first-order valence-corrected chi connectivity index (χ1v) is 8.58. The molecule has 0 aliphatic carbocycles. The zero-order chi connectivity index (χ0) is 18.2. The molecule has 2 rings (SSSR count). The van der Waals surface area contributed by atoms with Crippen molar-refractivity contribution in [3.8, 4) is 0 Å². The first kappa shape index (κ1) is 18.8. The zero-order valence-corrected chi connectivity index (χ0v) is 14.8. The normalized spacial score (nSPS) is 10.2. The molecule has 0 aliphatic rings. The van der Waals surface area contributed by atoms with Crippen LogP contribution in [-0.2, 0) is 9.53 Å². The van der Waals surface area contributed by atoms with Crippen LogP contribution in [-0.4, -0.2) is 31.9 Å². The highest BCUT2D eigenvalue weighted by Crippen LogP contribution is 2.20. The predicted molar refractivity (Wildman–Crippen MR) is 97.6 cm³/mol. The fourth-order valence-corrected chi connectivity index (χ4v) is 2.88. The number of carbonyl (C=O) groups is 2. The number of thioether (sulfide) groups is 1. The van der Waals surface area contributed by atoms with Crippen LogP contribution in [0.2, 0.25) is 0 Å². The lowest BCUT2D eigenvalue weighted by atomic mass is 10.2. The number of halogens is 1. The number of methoxy groups -OCH3 is 1. The van der Waals surface area contributed by atoms with Crippen molar-refractivity contribution in [2.24, 2.45) is 0 Å². The molecule has 2 aromatic rings. The molecule has 0 fully saturated rings. The topological polar surface area (TPSA) is 58.6 Å². The third-order valence-corrected chi connectivity index (χ3v) is 4.41. The highest BCUT2D eigenvalue weighted by Gasteiger charge is 2.10. The third-order valence-electron chi connectivity index (χ3n) is 3.40. The molecule has 0 saturated heterocycles. The molecule has 0 spiro atoms. The maximum absolute atomic E-state index is 12.8. The van der Waals surface area contributed by atoms with Crippen molar-refractivity contribution < 1.29 is 18.7 Å². The Morgan fingerprint density at radius 1 is 1.12 bits per heavy atom. The maximum atomic E-state index is 12.8. The van der Waals surface area contributed by atoms with Crippen LogP contribution < -0.4 is 10.2 Å². The van der Waals surface area contributed by atoms with Crippen molar-refractivity contribution in [2.75, 3.05) is 30.1 Å². The van der Waals surface area contributed by atoms with Gasteiger partial charge < -0.3 is 10.1 Å². The molecular formula is C18H19FN2O3S. The van der Waals surface area contributed by atoms with Crippen molar-refractivity contribution in [2.45, 2.75) is 11.3 Å². The first-order valence-electron chi connectivity index (χ1n) is 7.59. The number of benzene rings is 2. The first-order chi connectivity index (χ1) is 12.0. The molecule has 0 heterocycles. The molecule has 7 heteroatoms. The Morgan fingerprint density at radius 3 is 2.36 bits per heavy atom. The maximum Gasteiger partial charge on any atom is 0.413 e. The highest BCUT2D eigenvalue weighted by molar-refractivity contribution is 7.99. The summed E-state index contributed by atoms with van der Waals surface area (Å²) in [4.78, 5) is 25.7. The lowest BCUT2D eigenvalue weighted by Gasteiger charge is -2.15. The number of carbonyl (C=O) groups excluding carboxylic acids is 2. The molecule has 0 saturated carbocycles. The Kier molecular flexibility index (Phi) is 6.82. The van der Waals surface area contributed by atoms with Gasteiger partial charge >= 0.3 is 6.09 Å². The van der Waals surface area contributed by atoms with E-state index in [1.807, 2.05) is 0 Å². The standard InChI is InChI=1S/C18H19FN2O3S/c1-21(18(23)24-2)15-7-5-14(6-8-15)20-17(22)11-12-25-16-9-3-13(19)4-10-16/h3-10H,11-12H2,1-2H3,(H,20,22). The summed E-state index contributed by atoms with van der Waals surface area (Å²) in [6.07, 6.45) is -0.124. The van der Waals surface area contributed by atoms with E-state index < -0.39 is 6.09 Å². The van der Waals surface area contributed by atoms with Gasteiger partial charge in [-0.15, -0.1) is 11.8 Å². The van der Waals surface area contributed by atoms with Gasteiger partial charge in [-0.3, -0.25) is 9.69 Å². The lowest BCUT2D eigenvalue weighted by molar-refractivity contribution is -0.115. The van der Waals surface area contributed by atoms with E-state index in [-0.39, 0.29) is 11.7 Å². The Labute approximate surface area is 150 Å². The summed E-state index contributed by atoms with van der Waals surface area (Å²) in [5.74, 6) is 0.216. The number of rotatable bonds is 6. The fourth-order valence-electron chi connectivity index (χ4n) is 2.03. The van der Waals surface area contributed by atoms with Crippen molar-refractivity contribution in [3.63, 3.8) is 0 Å². The molecule has 0 unspecified atom stereocenters. The highest BCUT2D eigenvalue weighted by atomic mass is 32.2. The minimum absolute atomic E-state index is 0.108. The van der Waals surface area contributed by atoms with Crippen LogP contribution in [0.4, 0.5) is 20.6 Å². The monoisotopic (exact) mass is 362 g/mol. The molecule has 25 heavy (non-hydrogen) atoms. The smallest absolute Gasteiger partial charge is 0.413 e. The van der Waals surface area contributed by atoms with Crippen LogP contribution in [0.25, 0.3) is 0 Å². The molecule has 0 aliphatic heterocycles. The van der Waals surface area contributed by atoms with E-state index in [1.54, 1.807) is 43.4 Å². The van der Waals surface area contributed by atoms with Gasteiger partial charge in [0.2, 0.25) is 5.91 Å². The van der Waals surface area contributed by atoms with Gasteiger partial charge in [0.1, 0.15) is 5.82 Å². The van der Waals surface area contributed by atoms with E-state index in [2.05, 4.69) is 10.1 Å². The SMILES string of the molecule is COC(=O)N(C)c1ccc(NC(=O)CCSc2ccc(F)cc2)cc1. The van der Waals surface area contributed by atoms with Crippen LogP contribution in [0, 0.1) is 5.82 Å². The van der Waals surface area contributed by atoms with E-state index in [0.29, 0.717) is 23.5 Å². The number of ether oxygens (including phenoxy) is 1. The third kappa shape index (κ3) is 5.79. The van der Waals surface area contributed by atoms with Crippen molar-refractivity contribution in [1.29, 1.82) is 0 Å². The molecular weight excluding hydrogens is 343 g/mol. The predicted octanol–water partition coefficient (Wildman–Crippen LogP) is 4.15. The molecule has 0 atom stereocenters. The van der Waals surface area contributed by atoms with Crippen LogP contribution >= 0.6 is 11.8 Å². The second-order valence-electron chi connectivity index (χ2n) is 5.18. The van der Waals surface area contributed by atoms with Crippen LogP contribution in [0.15, 0.2) is 53.4 Å². The summed E-state index contributed by atoms with van der Waals surface area (Å²) in [7, 11) is 2.92. The number of nitrogens with zero attached hydrogens (tertiary/aromatic N) is 1. The van der Waals surface area contributed by atoms with E-state index in [0.717, 1.165) is 4.90 Å². The molecule has 2 aromatic carbocycles. The van der Waals surface area contributed by atoms with Gasteiger partial charge in [-0.25, -0.2) is 9.18 Å². The van der Waals surface area contributed by atoms with Crippen LogP contribution in [0.1, 0.15) is 6.42 Å². The molecule has 0 aromatic heterocycles. The number of amides is 2. The number of hydrogen-bond donors (Lipinski definition) is 1. The average molecular weight is 362 g/mol. The zero-order valence-electron chi connectivity index (χ0n) is 14.0. The van der Waals surface area contributed by atoms with E-state index in [9.17, 15) is 14.0 Å². The van der Waals surface area contributed by atoms with Crippen molar-refractivity contribution in [1.82, 2.24) is 0 Å². The summed E-state index contributed by atoms with van der Waals surface area (Å²) in [5.41, 5.74) is 1.32. The van der Waals surface area contributed by atoms with Crippen molar-refractivity contribution in [3.05, 3.63) is 54.3 Å². The Hall–Kier alpha value is -2.54. The Morgan fingerprint density at radius 2 is 1.76 bits per heavy atom. The lowest BCUT2D eigenvalue weighted by Crippen LogP contribution is -2.25. The number of anilines is 2. The average Bonchev–Trinajstić information content (AvgIpc) is 2.62. The van der Waals surface area contributed by atoms with Gasteiger partial charge in [-0.2, -0.15) is 0 Å². The van der Waals surface area contributed by atoms with Gasteiger partial charge in [0.25, 0.3) is 0 Å². The second-order valence-corrected chi connectivity index (χ2v) is 6.34. The fraction of sp³-hybridized carbons (Fsp3) is 0.222. The van der Waals surface area contributed by atoms with Crippen LogP contribution in [0.3, 0.4) is 0 Å². The summed E-state index contributed by atoms with van der Waals surface area (Å²) >= 11 is 1.49. The minimum atomic E-state index is -0.463. The Bertz CT molecular complexity index is 720. The summed E-state index contributed by atoms with van der Waals surface area (Å²) in [6, 6.07) is 13.1. The van der Waals surface area contributed by atoms with Gasteiger partial charge in [0.05, 0.1) is 7.11 Å². The molecule has 5 nitrogen and oxygen atoms in total. The van der Waals surface area contributed by atoms with Crippen molar-refractivity contribution >= 4 is 35.1 Å². The number of nitrogens with one attached hydrogen (secondary N) is 1. The van der Waals surface area contributed by atoms with E-state index in [4.69, 9.17) is 0 Å². The molecule has 0 bridgehead atoms. The summed E-state index contributed by atoms with van der Waals surface area (Å²) in [5, 5.41) is 2.80.